The van der Waals surface area contributed by atoms with Crippen LogP contribution in [0.1, 0.15) is 393 Å². The SMILES string of the molecule is CCCCCCCC/C=C/CCCCCCCCCCCCCCCCCC(=O)NC(COP(=O)([O-])OCC[N+](C)(C)C)C(/C=C/CCCCCCCCCCC)OC(=O)CCCCCCCCCCCCCCCCCCCCCCCCC. The second kappa shape index (κ2) is 65.4. The van der Waals surface area contributed by atoms with Crippen LogP contribution in [-0.2, 0) is 27.9 Å². The highest BCUT2D eigenvalue weighted by Gasteiger charge is 2.27. The molecule has 0 saturated carbocycles. The minimum absolute atomic E-state index is 0.0178. The number of amides is 1. The van der Waals surface area contributed by atoms with Crippen LogP contribution in [0.5, 0.6) is 0 Å². The van der Waals surface area contributed by atoms with E-state index in [-0.39, 0.29) is 31.5 Å². The molecule has 0 aliphatic rings. The Bertz CT molecular complexity index is 1500. The third-order valence-corrected chi connectivity index (χ3v) is 18.3. The Balaban J connectivity index is 4.91. The normalized spacial score (nSPS) is 13.5. The smallest absolute Gasteiger partial charge is 0.306 e. The van der Waals surface area contributed by atoms with Crippen LogP contribution in [0, 0.1) is 0 Å². The standard InChI is InChI=1S/C75H147N2O7P/c1-7-10-13-16-19-22-25-27-29-31-33-35-37-38-40-41-43-45-47-49-52-55-58-61-64-67-74(78)76-72(71-83-85(80,81)82-70-69-77(4,5)6)73(66-63-60-57-54-51-24-21-18-15-12-9-3)84-75(79)68-65-62-59-56-53-50-48-46-44-42-39-36-34-32-30-28-26-23-20-17-14-11-8-2/h27,29,63,66,72-73H,7-26,28,30-62,64-65,67-71H2,1-6H3,(H-,76,78,80,81)/b29-27+,66-63+. The van der Waals surface area contributed by atoms with E-state index in [0.717, 1.165) is 57.8 Å². The van der Waals surface area contributed by atoms with Crippen LogP contribution in [0.3, 0.4) is 0 Å². The average molecular weight is 1220 g/mol. The van der Waals surface area contributed by atoms with Crippen molar-refractivity contribution >= 4 is 19.7 Å². The molecular weight excluding hydrogens is 1070 g/mol. The third-order valence-electron chi connectivity index (χ3n) is 17.4. The number of rotatable bonds is 70. The predicted octanol–water partition coefficient (Wildman–Crippen LogP) is 23.4. The summed E-state index contributed by atoms with van der Waals surface area (Å²) < 4.78 is 30.5. The molecule has 0 aromatic heterocycles. The van der Waals surface area contributed by atoms with E-state index in [2.05, 4.69) is 38.2 Å². The zero-order chi connectivity index (χ0) is 62.1. The van der Waals surface area contributed by atoms with Crippen LogP contribution in [-0.4, -0.2) is 69.4 Å². The number of phosphoric ester groups is 1. The van der Waals surface area contributed by atoms with Gasteiger partial charge in [-0.25, -0.2) is 0 Å². The Morgan fingerprint density at radius 3 is 1.00 bits per heavy atom. The molecule has 10 heteroatoms. The summed E-state index contributed by atoms with van der Waals surface area (Å²) in [5, 5.41) is 3.05. The summed E-state index contributed by atoms with van der Waals surface area (Å²) in [5.74, 6) is -0.516. The van der Waals surface area contributed by atoms with Gasteiger partial charge in [-0.2, -0.15) is 0 Å². The molecule has 0 aliphatic heterocycles. The molecule has 3 atom stereocenters. The fourth-order valence-electron chi connectivity index (χ4n) is 11.6. The summed E-state index contributed by atoms with van der Waals surface area (Å²) >= 11 is 0. The monoisotopic (exact) mass is 1220 g/mol. The number of nitrogens with zero attached hydrogens (tertiary/aromatic N) is 1. The fraction of sp³-hybridized carbons (Fsp3) is 0.920. The number of unbranched alkanes of at least 4 members (excludes halogenated alkanes) is 52. The van der Waals surface area contributed by atoms with Gasteiger partial charge in [0.25, 0.3) is 7.82 Å². The number of allylic oxidation sites excluding steroid dienone is 3. The molecule has 504 valence electrons. The van der Waals surface area contributed by atoms with Crippen LogP contribution in [0.4, 0.5) is 0 Å². The summed E-state index contributed by atoms with van der Waals surface area (Å²) in [7, 11) is 1.21. The molecule has 1 N–H and O–H groups in total. The largest absolute Gasteiger partial charge is 0.756 e. The highest BCUT2D eigenvalue weighted by atomic mass is 31.2. The Kier molecular flexibility index (Phi) is 64.3. The van der Waals surface area contributed by atoms with Gasteiger partial charge in [0.15, 0.2) is 0 Å². The van der Waals surface area contributed by atoms with Crippen LogP contribution in [0.15, 0.2) is 24.3 Å². The minimum atomic E-state index is -4.70. The number of hydrogen-bond acceptors (Lipinski definition) is 7. The van der Waals surface area contributed by atoms with E-state index in [1.807, 2.05) is 33.3 Å². The van der Waals surface area contributed by atoms with Crippen molar-refractivity contribution in [3.63, 3.8) is 0 Å². The summed E-state index contributed by atoms with van der Waals surface area (Å²) in [6.07, 6.45) is 80.3. The number of quaternary nitrogens is 1. The highest BCUT2D eigenvalue weighted by molar-refractivity contribution is 7.45. The Morgan fingerprint density at radius 2 is 0.682 bits per heavy atom. The van der Waals surface area contributed by atoms with Crippen LogP contribution in [0.2, 0.25) is 0 Å². The maximum Gasteiger partial charge on any atom is 0.306 e. The van der Waals surface area contributed by atoms with Gasteiger partial charge < -0.3 is 28.5 Å². The Hall–Kier alpha value is -1.51. The van der Waals surface area contributed by atoms with Crippen LogP contribution >= 0.6 is 7.82 Å². The molecule has 0 aromatic carbocycles. The lowest BCUT2D eigenvalue weighted by molar-refractivity contribution is -0.870. The first-order chi connectivity index (χ1) is 41.4. The van der Waals surface area contributed by atoms with Crippen LogP contribution < -0.4 is 10.2 Å². The van der Waals surface area contributed by atoms with E-state index in [9.17, 15) is 19.0 Å². The number of carbonyl (C=O) groups excluding carboxylic acids is 2. The third kappa shape index (κ3) is 66.7. The molecule has 0 fully saturated rings. The molecule has 0 saturated heterocycles. The zero-order valence-corrected chi connectivity index (χ0v) is 58.7. The molecule has 0 radical (unpaired) electrons. The molecule has 85 heavy (non-hydrogen) atoms. The lowest BCUT2D eigenvalue weighted by atomic mass is 10.0. The van der Waals surface area contributed by atoms with Gasteiger partial charge in [0.1, 0.15) is 19.3 Å². The maximum absolute atomic E-state index is 13.6. The molecule has 0 aliphatic carbocycles. The molecule has 3 unspecified atom stereocenters. The van der Waals surface area contributed by atoms with Crippen molar-refractivity contribution in [2.24, 2.45) is 0 Å². The van der Waals surface area contributed by atoms with E-state index >= 15 is 0 Å². The van der Waals surface area contributed by atoms with E-state index in [1.54, 1.807) is 0 Å². The Morgan fingerprint density at radius 1 is 0.400 bits per heavy atom. The average Bonchev–Trinajstić information content (AvgIpc) is 3.64. The maximum atomic E-state index is 13.6. The van der Waals surface area contributed by atoms with E-state index in [4.69, 9.17) is 13.8 Å². The fourth-order valence-corrected chi connectivity index (χ4v) is 12.3. The Labute approximate surface area is 530 Å². The first-order valence-electron chi connectivity index (χ1n) is 37.6. The van der Waals surface area contributed by atoms with Crippen molar-refractivity contribution in [3.8, 4) is 0 Å². The molecule has 0 aromatic rings. The van der Waals surface area contributed by atoms with Gasteiger partial charge in [-0.1, -0.05) is 347 Å². The molecule has 0 rings (SSSR count). The summed E-state index contributed by atoms with van der Waals surface area (Å²) in [6.45, 7) is 6.91. The van der Waals surface area contributed by atoms with Crippen LogP contribution in [0.25, 0.3) is 0 Å². The number of carbonyl (C=O) groups is 2. The van der Waals surface area contributed by atoms with Gasteiger partial charge in [-0.05, 0) is 57.4 Å². The van der Waals surface area contributed by atoms with E-state index < -0.39 is 20.0 Å². The molecule has 9 nitrogen and oxygen atoms in total. The van der Waals surface area contributed by atoms with Gasteiger partial charge in [-0.3, -0.25) is 14.2 Å². The minimum Gasteiger partial charge on any atom is -0.756 e. The van der Waals surface area contributed by atoms with E-state index in [0.29, 0.717) is 17.4 Å². The van der Waals surface area contributed by atoms with Gasteiger partial charge in [0.05, 0.1) is 33.8 Å². The van der Waals surface area contributed by atoms with Crippen molar-refractivity contribution < 1.29 is 37.3 Å². The molecule has 0 bridgehead atoms. The van der Waals surface area contributed by atoms with Gasteiger partial charge >= 0.3 is 5.97 Å². The lowest BCUT2D eigenvalue weighted by Crippen LogP contribution is -2.47. The number of nitrogens with one attached hydrogen (secondary N) is 1. The van der Waals surface area contributed by atoms with Crippen molar-refractivity contribution in [2.75, 3.05) is 40.9 Å². The number of likely N-dealkylation sites (N-methyl/N-ethyl adjacent to an activating group) is 1. The van der Waals surface area contributed by atoms with Gasteiger partial charge in [0, 0.05) is 12.8 Å². The molecule has 1 amide bonds. The topological polar surface area (TPSA) is 114 Å². The quantitative estimate of drug-likeness (QED) is 0.0212. The summed E-state index contributed by atoms with van der Waals surface area (Å²) in [4.78, 5) is 40.2. The summed E-state index contributed by atoms with van der Waals surface area (Å²) in [6, 6.07) is -0.883. The van der Waals surface area contributed by atoms with Crippen molar-refractivity contribution in [2.45, 2.75) is 405 Å². The lowest BCUT2D eigenvalue weighted by Gasteiger charge is -2.30. The van der Waals surface area contributed by atoms with Gasteiger partial charge in [0.2, 0.25) is 5.91 Å². The second-order valence-electron chi connectivity index (χ2n) is 27.2. The molecule has 0 heterocycles. The van der Waals surface area contributed by atoms with E-state index in [1.165, 1.54) is 302 Å². The van der Waals surface area contributed by atoms with Crippen molar-refractivity contribution in [1.29, 1.82) is 0 Å². The number of esters is 1. The summed E-state index contributed by atoms with van der Waals surface area (Å²) in [5.41, 5.74) is 0. The predicted molar refractivity (Wildman–Crippen MR) is 367 cm³/mol. The molecular formula is C75H147N2O7P. The first kappa shape index (κ1) is 83.5. The molecule has 0 spiro atoms. The zero-order valence-electron chi connectivity index (χ0n) is 57.8. The number of phosphoric acid groups is 1. The van der Waals surface area contributed by atoms with Gasteiger partial charge in [-0.15, -0.1) is 0 Å². The first-order valence-corrected chi connectivity index (χ1v) is 39.1. The highest BCUT2D eigenvalue weighted by Crippen LogP contribution is 2.38. The van der Waals surface area contributed by atoms with Crippen molar-refractivity contribution in [1.82, 2.24) is 5.32 Å². The second-order valence-corrected chi connectivity index (χ2v) is 28.6. The number of hydrogen-bond donors (Lipinski definition) is 1. The number of ether oxygens (including phenoxy) is 1. The van der Waals surface area contributed by atoms with Crippen molar-refractivity contribution in [3.05, 3.63) is 24.3 Å².